The first-order valence-electron chi connectivity index (χ1n) is 17.2. The van der Waals surface area contributed by atoms with Crippen LogP contribution >= 0.6 is 0 Å². The third kappa shape index (κ3) is 7.87. The van der Waals surface area contributed by atoms with Gasteiger partial charge in [0.2, 0.25) is 0 Å². The van der Waals surface area contributed by atoms with Gasteiger partial charge in [-0.25, -0.2) is 4.39 Å². The van der Waals surface area contributed by atoms with E-state index in [2.05, 4.69) is 20.6 Å². The summed E-state index contributed by atoms with van der Waals surface area (Å²) in [5.41, 5.74) is 10.9. The highest BCUT2D eigenvalue weighted by Gasteiger charge is 2.28. The van der Waals surface area contributed by atoms with Gasteiger partial charge in [0, 0.05) is 37.6 Å². The lowest BCUT2D eigenvalue weighted by Crippen LogP contribution is -2.18. The Hall–Kier alpha value is -4.30. The fourth-order valence-corrected chi connectivity index (χ4v) is 6.56. The van der Waals surface area contributed by atoms with E-state index < -0.39 is 6.67 Å². The second kappa shape index (κ2) is 15.3. The van der Waals surface area contributed by atoms with Crippen LogP contribution in [0.5, 0.6) is 0 Å². The predicted molar refractivity (Wildman–Crippen MR) is 186 cm³/mol. The minimum absolute atomic E-state index is 0.0374. The summed E-state index contributed by atoms with van der Waals surface area (Å²) in [6.07, 6.45) is 10.3. The molecular weight excluding hydrogens is 606 g/mol. The number of carbonyl (C=O) groups excluding carboxylic acids is 2. The summed E-state index contributed by atoms with van der Waals surface area (Å²) >= 11 is 0. The Morgan fingerprint density at radius 2 is 1.42 bits per heavy atom. The molecule has 48 heavy (non-hydrogen) atoms. The summed E-state index contributed by atoms with van der Waals surface area (Å²) in [6.45, 7) is 4.13. The normalized spacial score (nSPS) is 14.2. The van der Waals surface area contributed by atoms with Crippen LogP contribution in [0.1, 0.15) is 110 Å². The van der Waals surface area contributed by atoms with Crippen LogP contribution in [0, 0.1) is 13.8 Å². The molecule has 0 bridgehead atoms. The topological polar surface area (TPSA) is 84.0 Å². The van der Waals surface area contributed by atoms with Crippen LogP contribution in [-0.2, 0) is 19.4 Å². The maximum atomic E-state index is 13.5. The number of benzene rings is 2. The maximum absolute atomic E-state index is 13.5. The Kier molecular flexibility index (Phi) is 10.7. The SMILES string of the molecule is Cc1c(CC(=O)c2cc(C3CC3)c(CNCCF)cn2)cccc1-c1cccc(NC(=O)c2cc(C3CC3)c(CCCCF)cn2)c1C. The van der Waals surface area contributed by atoms with Gasteiger partial charge in [-0.15, -0.1) is 0 Å². The molecule has 6 rings (SSSR count). The lowest BCUT2D eigenvalue weighted by Gasteiger charge is -2.17. The zero-order valence-corrected chi connectivity index (χ0v) is 27.9. The average molecular weight is 651 g/mol. The summed E-state index contributed by atoms with van der Waals surface area (Å²) < 4.78 is 25.3. The smallest absolute Gasteiger partial charge is 0.274 e. The lowest BCUT2D eigenvalue weighted by atomic mass is 9.90. The van der Waals surface area contributed by atoms with Crippen molar-refractivity contribution < 1.29 is 18.4 Å². The molecule has 2 N–H and O–H groups in total. The number of carbonyl (C=O) groups is 2. The highest BCUT2D eigenvalue weighted by atomic mass is 19.1. The third-order valence-corrected chi connectivity index (χ3v) is 9.68. The molecule has 2 aromatic carbocycles. The number of halogens is 2. The molecule has 0 unspecified atom stereocenters. The zero-order chi connectivity index (χ0) is 33.6. The largest absolute Gasteiger partial charge is 0.320 e. The molecule has 2 saturated carbocycles. The van der Waals surface area contributed by atoms with Crippen LogP contribution in [0.4, 0.5) is 14.5 Å². The number of rotatable bonds is 16. The molecule has 250 valence electrons. The van der Waals surface area contributed by atoms with Crippen molar-refractivity contribution in [2.75, 3.05) is 25.2 Å². The van der Waals surface area contributed by atoms with Crippen molar-refractivity contribution in [3.8, 4) is 11.1 Å². The number of Topliss-reactive ketones (excluding diaryl/α,β-unsaturated/α-hetero) is 1. The lowest BCUT2D eigenvalue weighted by molar-refractivity contribution is 0.0986. The summed E-state index contributed by atoms with van der Waals surface area (Å²) in [5, 5.41) is 6.19. The Labute approximate surface area is 281 Å². The Morgan fingerprint density at radius 3 is 2.12 bits per heavy atom. The van der Waals surface area contributed by atoms with Gasteiger partial charge in [0.25, 0.3) is 5.91 Å². The summed E-state index contributed by atoms with van der Waals surface area (Å²) in [6, 6.07) is 15.7. The number of alkyl halides is 2. The van der Waals surface area contributed by atoms with Gasteiger partial charge in [-0.3, -0.25) is 23.9 Å². The number of anilines is 1. The van der Waals surface area contributed by atoms with E-state index in [1.54, 1.807) is 12.4 Å². The van der Waals surface area contributed by atoms with Gasteiger partial charge in [0.05, 0.1) is 6.67 Å². The van der Waals surface area contributed by atoms with Crippen molar-refractivity contribution in [1.29, 1.82) is 0 Å². The maximum Gasteiger partial charge on any atom is 0.274 e. The molecule has 0 atom stereocenters. The second-order valence-electron chi connectivity index (χ2n) is 13.2. The minimum Gasteiger partial charge on any atom is -0.320 e. The van der Waals surface area contributed by atoms with Crippen LogP contribution < -0.4 is 10.6 Å². The van der Waals surface area contributed by atoms with Gasteiger partial charge < -0.3 is 10.6 Å². The second-order valence-corrected chi connectivity index (χ2v) is 13.2. The third-order valence-electron chi connectivity index (χ3n) is 9.68. The van der Waals surface area contributed by atoms with Crippen LogP contribution in [0.3, 0.4) is 0 Å². The predicted octanol–water partition coefficient (Wildman–Crippen LogP) is 8.54. The van der Waals surface area contributed by atoms with Crippen molar-refractivity contribution >= 4 is 17.4 Å². The molecule has 2 aromatic heterocycles. The van der Waals surface area contributed by atoms with Gasteiger partial charge in [-0.2, -0.15) is 0 Å². The van der Waals surface area contributed by atoms with Crippen LogP contribution in [0.15, 0.2) is 60.9 Å². The summed E-state index contributed by atoms with van der Waals surface area (Å²) in [4.78, 5) is 36.0. The van der Waals surface area contributed by atoms with E-state index in [-0.39, 0.29) is 24.8 Å². The number of ketones is 1. The number of nitrogens with zero attached hydrogens (tertiary/aromatic N) is 2. The highest BCUT2D eigenvalue weighted by Crippen LogP contribution is 2.43. The molecule has 6 nitrogen and oxygen atoms in total. The van der Waals surface area contributed by atoms with Crippen LogP contribution in [0.25, 0.3) is 11.1 Å². The van der Waals surface area contributed by atoms with Crippen LogP contribution in [-0.4, -0.2) is 41.6 Å². The van der Waals surface area contributed by atoms with E-state index in [0.29, 0.717) is 48.4 Å². The molecule has 4 aromatic rings. The number of nitrogens with one attached hydrogen (secondary N) is 2. The number of hydrogen-bond acceptors (Lipinski definition) is 5. The number of aryl methyl sites for hydroxylation is 1. The summed E-state index contributed by atoms with van der Waals surface area (Å²) in [7, 11) is 0. The monoisotopic (exact) mass is 650 g/mol. The van der Waals surface area contributed by atoms with Gasteiger partial charge in [0.1, 0.15) is 18.1 Å². The fourth-order valence-electron chi connectivity index (χ4n) is 6.56. The molecule has 2 aliphatic rings. The van der Waals surface area contributed by atoms with Gasteiger partial charge in [0.15, 0.2) is 5.78 Å². The van der Waals surface area contributed by atoms with Crippen molar-refractivity contribution in [3.05, 3.63) is 111 Å². The number of pyridine rings is 2. The molecule has 2 fully saturated rings. The molecule has 0 saturated heterocycles. The molecule has 2 heterocycles. The van der Waals surface area contributed by atoms with Gasteiger partial charge in [-0.1, -0.05) is 30.3 Å². The van der Waals surface area contributed by atoms with E-state index in [4.69, 9.17) is 0 Å². The van der Waals surface area contributed by atoms with Gasteiger partial charge >= 0.3 is 0 Å². The van der Waals surface area contributed by atoms with Crippen molar-refractivity contribution in [2.24, 2.45) is 0 Å². The quantitative estimate of drug-likeness (QED) is 0.0938. The van der Waals surface area contributed by atoms with E-state index >= 15 is 0 Å². The highest BCUT2D eigenvalue weighted by molar-refractivity contribution is 6.04. The number of hydrogen-bond donors (Lipinski definition) is 2. The zero-order valence-electron chi connectivity index (χ0n) is 27.9. The summed E-state index contributed by atoms with van der Waals surface area (Å²) in [5.74, 6) is 0.602. The van der Waals surface area contributed by atoms with E-state index in [0.717, 1.165) is 83.0 Å². The Balaban J connectivity index is 1.19. The molecular formula is C40H44F2N4O2. The molecule has 1 amide bonds. The molecule has 0 aliphatic heterocycles. The van der Waals surface area contributed by atoms with Crippen molar-refractivity contribution in [2.45, 2.75) is 83.6 Å². The number of unbranched alkanes of at least 4 members (excludes halogenated alkanes) is 1. The molecule has 2 aliphatic carbocycles. The average Bonchev–Trinajstić information content (AvgIpc) is 4.02. The Bertz CT molecular complexity index is 1670. The van der Waals surface area contributed by atoms with Gasteiger partial charge in [-0.05, 0) is 139 Å². The van der Waals surface area contributed by atoms with Crippen molar-refractivity contribution in [1.82, 2.24) is 15.3 Å². The fraction of sp³-hybridized carbons (Fsp3) is 0.400. The number of amides is 1. The standard InChI is InChI=1S/C40H44F2N4O2/c1-25-29(19-39(47)37-20-35(28-14-15-28)31(24-44-37)22-43-18-17-42)8-5-9-32(25)33-10-6-11-36(26(33)2)46-40(48)38-21-34(27-12-13-27)30(23-45-38)7-3-4-16-41/h5-6,8-11,20-21,23-24,27-28,43H,3-4,7,12-19,22H2,1-2H3,(H,46,48). The van der Waals surface area contributed by atoms with Crippen molar-refractivity contribution in [3.63, 3.8) is 0 Å². The first kappa shape index (κ1) is 33.6. The Morgan fingerprint density at radius 1 is 0.771 bits per heavy atom. The molecule has 0 spiro atoms. The van der Waals surface area contributed by atoms with Crippen LogP contribution in [0.2, 0.25) is 0 Å². The van der Waals surface area contributed by atoms with E-state index in [1.165, 1.54) is 5.56 Å². The minimum atomic E-state index is -0.419. The van der Waals surface area contributed by atoms with E-state index in [1.807, 2.05) is 62.4 Å². The molecule has 8 heteroatoms. The molecule has 0 radical (unpaired) electrons. The van der Waals surface area contributed by atoms with E-state index in [9.17, 15) is 18.4 Å². The number of aromatic nitrogens is 2. The first-order valence-corrected chi connectivity index (χ1v) is 17.2. The first-order chi connectivity index (χ1) is 23.4.